The van der Waals surface area contributed by atoms with E-state index in [-0.39, 0.29) is 6.47 Å². The van der Waals surface area contributed by atoms with Gasteiger partial charge in [0.15, 0.2) is 18.7 Å². The van der Waals surface area contributed by atoms with Gasteiger partial charge in [0, 0.05) is 0 Å². The summed E-state index contributed by atoms with van der Waals surface area (Å²) in [6.45, 7) is -1.41. The lowest BCUT2D eigenvalue weighted by atomic mass is 9.97. The molecule has 2 saturated heterocycles. The number of hydrogen-bond donors (Lipinski definition) is 7. The van der Waals surface area contributed by atoms with E-state index in [1.165, 1.54) is 0 Å². The first-order valence-electron chi connectivity index (χ1n) is 7.53. The number of aliphatic hydroxyl groups is 7. The van der Waals surface area contributed by atoms with E-state index in [0.717, 1.165) is 0 Å². The molecule has 25 heavy (non-hydrogen) atoms. The minimum Gasteiger partial charge on any atom is -0.456 e. The number of ether oxygens (including phenoxy) is 4. The molecule has 2 fully saturated rings. The SMILES string of the molecule is O=CO[C@H]1[C@H](O[C@H]2[C@H](O)[C@@H](O)[C@H](O)O[C@@H]2CO)O[C@H](CO)[C@H](O)[C@@H]1O. The van der Waals surface area contributed by atoms with Crippen LogP contribution in [0.2, 0.25) is 0 Å². The Morgan fingerprint density at radius 1 is 0.800 bits per heavy atom. The quantitative estimate of drug-likeness (QED) is 0.220. The number of rotatable bonds is 6. The van der Waals surface area contributed by atoms with Crippen molar-refractivity contribution in [2.75, 3.05) is 13.2 Å². The zero-order chi connectivity index (χ0) is 18.7. The second kappa shape index (κ2) is 8.64. The third kappa shape index (κ3) is 4.09. The van der Waals surface area contributed by atoms with Gasteiger partial charge in [0.05, 0.1) is 13.2 Å². The van der Waals surface area contributed by atoms with Crippen LogP contribution in [0.15, 0.2) is 0 Å². The van der Waals surface area contributed by atoms with Crippen molar-refractivity contribution in [2.24, 2.45) is 0 Å². The Labute approximate surface area is 141 Å². The predicted molar refractivity (Wildman–Crippen MR) is 73.5 cm³/mol. The van der Waals surface area contributed by atoms with Gasteiger partial charge in [-0.2, -0.15) is 0 Å². The normalized spacial score (nSPS) is 48.1. The van der Waals surface area contributed by atoms with Gasteiger partial charge in [-0.15, -0.1) is 0 Å². The van der Waals surface area contributed by atoms with E-state index in [2.05, 4.69) is 4.74 Å². The van der Waals surface area contributed by atoms with Crippen LogP contribution >= 0.6 is 0 Å². The molecule has 0 saturated carbocycles. The van der Waals surface area contributed by atoms with Crippen molar-refractivity contribution in [3.05, 3.63) is 0 Å². The molecule has 0 aromatic heterocycles. The third-order valence-corrected chi connectivity index (χ3v) is 4.17. The molecule has 0 radical (unpaired) electrons. The van der Waals surface area contributed by atoms with E-state index < -0.39 is 74.6 Å². The Balaban J connectivity index is 2.19. The smallest absolute Gasteiger partial charge is 0.293 e. The van der Waals surface area contributed by atoms with Crippen LogP contribution in [0.5, 0.6) is 0 Å². The van der Waals surface area contributed by atoms with E-state index in [1.807, 2.05) is 0 Å². The maximum Gasteiger partial charge on any atom is 0.293 e. The third-order valence-electron chi connectivity index (χ3n) is 4.17. The number of carbonyl (C=O) groups excluding carboxylic acids is 1. The van der Waals surface area contributed by atoms with Crippen LogP contribution in [0.1, 0.15) is 0 Å². The van der Waals surface area contributed by atoms with Crippen LogP contribution < -0.4 is 0 Å². The maximum absolute atomic E-state index is 10.6. The van der Waals surface area contributed by atoms with Crippen molar-refractivity contribution in [1.29, 1.82) is 0 Å². The minimum atomic E-state index is -1.76. The first-order chi connectivity index (χ1) is 11.8. The van der Waals surface area contributed by atoms with Gasteiger partial charge in [0.2, 0.25) is 0 Å². The molecule has 12 heteroatoms. The first-order valence-corrected chi connectivity index (χ1v) is 7.53. The monoisotopic (exact) mass is 370 g/mol. The molecule has 0 spiro atoms. The summed E-state index contributed by atoms with van der Waals surface area (Å²) in [7, 11) is 0. The molecule has 2 rings (SSSR count). The highest BCUT2D eigenvalue weighted by Crippen LogP contribution is 2.29. The number of carbonyl (C=O) groups is 1. The molecule has 0 aromatic rings. The van der Waals surface area contributed by atoms with E-state index in [1.54, 1.807) is 0 Å². The van der Waals surface area contributed by atoms with Crippen LogP contribution in [0.25, 0.3) is 0 Å². The van der Waals surface area contributed by atoms with E-state index in [0.29, 0.717) is 0 Å². The highest BCUT2D eigenvalue weighted by molar-refractivity contribution is 5.37. The van der Waals surface area contributed by atoms with Crippen molar-refractivity contribution in [1.82, 2.24) is 0 Å². The van der Waals surface area contributed by atoms with E-state index in [9.17, 15) is 40.5 Å². The molecular formula is C13H22O12. The van der Waals surface area contributed by atoms with Crippen LogP contribution in [0.3, 0.4) is 0 Å². The molecule has 10 atom stereocenters. The number of hydrogen-bond acceptors (Lipinski definition) is 12. The lowest BCUT2D eigenvalue weighted by Gasteiger charge is -2.45. The van der Waals surface area contributed by atoms with Gasteiger partial charge in [-0.25, -0.2) is 0 Å². The van der Waals surface area contributed by atoms with Gasteiger partial charge in [0.25, 0.3) is 6.47 Å². The maximum atomic E-state index is 10.6. The summed E-state index contributed by atoms with van der Waals surface area (Å²) >= 11 is 0. The second-order valence-electron chi connectivity index (χ2n) is 5.73. The lowest BCUT2D eigenvalue weighted by molar-refractivity contribution is -0.354. The van der Waals surface area contributed by atoms with Gasteiger partial charge in [-0.05, 0) is 0 Å². The van der Waals surface area contributed by atoms with Crippen molar-refractivity contribution >= 4 is 6.47 Å². The first kappa shape index (κ1) is 20.4. The van der Waals surface area contributed by atoms with Crippen molar-refractivity contribution in [3.8, 4) is 0 Å². The molecule has 12 nitrogen and oxygen atoms in total. The van der Waals surface area contributed by atoms with Gasteiger partial charge >= 0.3 is 0 Å². The second-order valence-corrected chi connectivity index (χ2v) is 5.73. The molecule has 0 aromatic carbocycles. The van der Waals surface area contributed by atoms with Crippen LogP contribution in [0.4, 0.5) is 0 Å². The Bertz CT molecular complexity index is 433. The van der Waals surface area contributed by atoms with Crippen LogP contribution in [-0.4, -0.2) is 117 Å². The largest absolute Gasteiger partial charge is 0.456 e. The average molecular weight is 370 g/mol. The fraction of sp³-hybridized carbons (Fsp3) is 0.923. The zero-order valence-electron chi connectivity index (χ0n) is 12.9. The Morgan fingerprint density at radius 3 is 1.96 bits per heavy atom. The minimum absolute atomic E-state index is 0.0183. The summed E-state index contributed by atoms with van der Waals surface area (Å²) < 4.78 is 20.2. The Morgan fingerprint density at radius 2 is 1.40 bits per heavy atom. The average Bonchev–Trinajstić information content (AvgIpc) is 2.60. The van der Waals surface area contributed by atoms with Crippen molar-refractivity contribution < 1.29 is 59.5 Å². The molecule has 0 aliphatic carbocycles. The molecule has 146 valence electrons. The summed E-state index contributed by atoms with van der Waals surface area (Å²) in [5, 5.41) is 67.5. The molecule has 0 unspecified atom stereocenters. The highest BCUT2D eigenvalue weighted by Gasteiger charge is 2.51. The fourth-order valence-electron chi connectivity index (χ4n) is 2.76. The standard InChI is InChI=1S/C13H22O12/c14-1-4-6(17)7(18)11(22-3-16)13(24-4)25-10-5(2-15)23-12(21)9(20)8(10)19/h3-15,17-21H,1-2H2/t4-,5-,6+,7+,8-,9-,10-,11-,12-,13+/m1/s1. The number of aliphatic hydroxyl groups excluding tert-OH is 7. The highest BCUT2D eigenvalue weighted by atomic mass is 16.7. The summed E-state index contributed by atoms with van der Waals surface area (Å²) in [5.41, 5.74) is 0. The molecular weight excluding hydrogens is 348 g/mol. The Kier molecular flexibility index (Phi) is 7.04. The summed E-state index contributed by atoms with van der Waals surface area (Å²) in [4.78, 5) is 10.6. The van der Waals surface area contributed by atoms with Crippen molar-refractivity contribution in [3.63, 3.8) is 0 Å². The van der Waals surface area contributed by atoms with Gasteiger partial charge in [0.1, 0.15) is 42.7 Å². The summed E-state index contributed by atoms with van der Waals surface area (Å²) in [5.74, 6) is 0. The molecule has 0 bridgehead atoms. The van der Waals surface area contributed by atoms with E-state index >= 15 is 0 Å². The summed E-state index contributed by atoms with van der Waals surface area (Å²) in [6, 6.07) is 0. The molecule has 0 amide bonds. The van der Waals surface area contributed by atoms with E-state index in [4.69, 9.17) is 14.2 Å². The fourth-order valence-corrected chi connectivity index (χ4v) is 2.76. The zero-order valence-corrected chi connectivity index (χ0v) is 12.9. The van der Waals surface area contributed by atoms with Gasteiger partial charge < -0.3 is 54.7 Å². The molecule has 2 aliphatic rings. The Hall–Kier alpha value is -0.930. The van der Waals surface area contributed by atoms with Gasteiger partial charge in [-0.1, -0.05) is 0 Å². The van der Waals surface area contributed by atoms with Crippen LogP contribution in [-0.2, 0) is 23.7 Å². The molecule has 7 N–H and O–H groups in total. The van der Waals surface area contributed by atoms with Crippen molar-refractivity contribution in [2.45, 2.75) is 61.4 Å². The van der Waals surface area contributed by atoms with Gasteiger partial charge in [-0.3, -0.25) is 4.79 Å². The lowest BCUT2D eigenvalue weighted by Crippen LogP contribution is -2.64. The molecule has 2 aliphatic heterocycles. The van der Waals surface area contributed by atoms with Crippen LogP contribution in [0, 0.1) is 0 Å². The summed E-state index contributed by atoms with van der Waals surface area (Å²) in [6.07, 6.45) is -15.6. The topological polar surface area (TPSA) is 196 Å². The molecule has 2 heterocycles. The predicted octanol–water partition coefficient (Wildman–Crippen LogP) is -5.22.